The van der Waals surface area contributed by atoms with E-state index >= 15 is 0 Å². The molecule has 0 aliphatic heterocycles. The van der Waals surface area contributed by atoms with Gasteiger partial charge in [-0.3, -0.25) is 4.79 Å². The zero-order valence-electron chi connectivity index (χ0n) is 11.6. The zero-order chi connectivity index (χ0) is 14.4. The van der Waals surface area contributed by atoms with Gasteiger partial charge in [0.25, 0.3) is 0 Å². The first-order valence-corrected chi connectivity index (χ1v) is 6.80. The van der Waals surface area contributed by atoms with E-state index in [-0.39, 0.29) is 6.42 Å². The minimum atomic E-state index is -0.804. The van der Waals surface area contributed by atoms with Crippen LogP contribution in [0.25, 0.3) is 0 Å². The average Bonchev–Trinajstić information content (AvgIpc) is 2.46. The quantitative estimate of drug-likeness (QED) is 0.844. The summed E-state index contributed by atoms with van der Waals surface area (Å²) in [5, 5.41) is 12.0. The van der Waals surface area contributed by atoms with Crippen molar-refractivity contribution in [1.29, 1.82) is 0 Å². The Morgan fingerprint density at radius 1 is 0.950 bits per heavy atom. The summed E-state index contributed by atoms with van der Waals surface area (Å²) < 4.78 is 0. The second-order valence-corrected chi connectivity index (χ2v) is 4.79. The topological polar surface area (TPSA) is 49.3 Å². The van der Waals surface area contributed by atoms with Crippen LogP contribution in [0.4, 0.5) is 5.69 Å². The number of hydrogen-bond acceptors (Lipinski definition) is 2. The van der Waals surface area contributed by atoms with Gasteiger partial charge in [0.2, 0.25) is 0 Å². The van der Waals surface area contributed by atoms with Crippen LogP contribution in [-0.4, -0.2) is 11.1 Å². The van der Waals surface area contributed by atoms with E-state index in [0.717, 1.165) is 24.2 Å². The standard InChI is InChI=1S/C17H19NO2/c1-2-13-3-5-15(6-4-13)12-18-16-9-7-14(8-10-16)11-17(19)20/h3-10,18H,2,11-12H2,1H3,(H,19,20). The highest BCUT2D eigenvalue weighted by Gasteiger charge is 2.00. The summed E-state index contributed by atoms with van der Waals surface area (Å²) in [5.41, 5.74) is 4.39. The van der Waals surface area contributed by atoms with Crippen LogP contribution in [0.3, 0.4) is 0 Å². The minimum Gasteiger partial charge on any atom is -0.481 e. The van der Waals surface area contributed by atoms with Gasteiger partial charge < -0.3 is 10.4 Å². The van der Waals surface area contributed by atoms with Crippen LogP contribution in [0.5, 0.6) is 0 Å². The molecular weight excluding hydrogens is 250 g/mol. The fourth-order valence-corrected chi connectivity index (χ4v) is 2.01. The van der Waals surface area contributed by atoms with Crippen molar-refractivity contribution in [1.82, 2.24) is 0 Å². The largest absolute Gasteiger partial charge is 0.481 e. The summed E-state index contributed by atoms with van der Waals surface area (Å²) in [6, 6.07) is 16.1. The van der Waals surface area contributed by atoms with E-state index in [1.54, 1.807) is 0 Å². The molecule has 0 unspecified atom stereocenters. The van der Waals surface area contributed by atoms with Crippen molar-refractivity contribution in [2.45, 2.75) is 26.3 Å². The lowest BCUT2D eigenvalue weighted by Crippen LogP contribution is -2.01. The molecule has 0 saturated heterocycles. The van der Waals surface area contributed by atoms with Gasteiger partial charge in [0.1, 0.15) is 0 Å². The Bertz CT molecular complexity index is 559. The normalized spacial score (nSPS) is 10.2. The van der Waals surface area contributed by atoms with Crippen molar-refractivity contribution in [3.05, 3.63) is 65.2 Å². The van der Waals surface area contributed by atoms with Gasteiger partial charge in [-0.05, 0) is 35.2 Å². The van der Waals surface area contributed by atoms with Gasteiger partial charge >= 0.3 is 5.97 Å². The molecule has 0 atom stereocenters. The van der Waals surface area contributed by atoms with Crippen LogP contribution in [0.2, 0.25) is 0 Å². The summed E-state index contributed by atoms with van der Waals surface area (Å²) in [6.07, 6.45) is 1.12. The summed E-state index contributed by atoms with van der Waals surface area (Å²) >= 11 is 0. The number of nitrogens with one attached hydrogen (secondary N) is 1. The van der Waals surface area contributed by atoms with E-state index in [1.165, 1.54) is 11.1 Å². The molecule has 0 aliphatic carbocycles. The number of rotatable bonds is 6. The fraction of sp³-hybridized carbons (Fsp3) is 0.235. The van der Waals surface area contributed by atoms with E-state index < -0.39 is 5.97 Å². The van der Waals surface area contributed by atoms with Crippen LogP contribution < -0.4 is 5.32 Å². The SMILES string of the molecule is CCc1ccc(CNc2ccc(CC(=O)O)cc2)cc1. The first-order valence-electron chi connectivity index (χ1n) is 6.80. The Morgan fingerprint density at radius 3 is 2.05 bits per heavy atom. The molecular formula is C17H19NO2. The zero-order valence-corrected chi connectivity index (χ0v) is 11.6. The number of aliphatic carboxylic acids is 1. The summed E-state index contributed by atoms with van der Waals surface area (Å²) in [6.45, 7) is 2.91. The number of aryl methyl sites for hydroxylation is 1. The first-order chi connectivity index (χ1) is 9.67. The van der Waals surface area contributed by atoms with Crippen LogP contribution in [0.15, 0.2) is 48.5 Å². The molecule has 2 N–H and O–H groups in total. The Balaban J connectivity index is 1.91. The van der Waals surface area contributed by atoms with Gasteiger partial charge in [0.05, 0.1) is 6.42 Å². The maximum Gasteiger partial charge on any atom is 0.307 e. The predicted molar refractivity (Wildman–Crippen MR) is 80.9 cm³/mol. The van der Waals surface area contributed by atoms with Crippen molar-refractivity contribution >= 4 is 11.7 Å². The summed E-state index contributed by atoms with van der Waals surface area (Å²) in [7, 11) is 0. The van der Waals surface area contributed by atoms with Crippen LogP contribution in [-0.2, 0) is 24.2 Å². The number of carbonyl (C=O) groups is 1. The lowest BCUT2D eigenvalue weighted by Gasteiger charge is -2.08. The minimum absolute atomic E-state index is 0.0682. The van der Waals surface area contributed by atoms with Crippen LogP contribution >= 0.6 is 0 Å². The van der Waals surface area contributed by atoms with Crippen molar-refractivity contribution in [3.8, 4) is 0 Å². The molecule has 0 spiro atoms. The van der Waals surface area contributed by atoms with Gasteiger partial charge in [-0.15, -0.1) is 0 Å². The monoisotopic (exact) mass is 269 g/mol. The lowest BCUT2D eigenvalue weighted by atomic mass is 10.1. The van der Waals surface area contributed by atoms with Crippen molar-refractivity contribution in [2.75, 3.05) is 5.32 Å². The molecule has 2 aromatic rings. The number of carboxylic acid groups (broad SMARTS) is 1. The predicted octanol–water partition coefficient (Wildman–Crippen LogP) is 3.49. The first kappa shape index (κ1) is 14.1. The smallest absolute Gasteiger partial charge is 0.307 e. The van der Waals surface area contributed by atoms with Crippen LogP contribution in [0.1, 0.15) is 23.6 Å². The van der Waals surface area contributed by atoms with E-state index in [2.05, 4.69) is 36.5 Å². The molecule has 0 radical (unpaired) electrons. The second-order valence-electron chi connectivity index (χ2n) is 4.79. The molecule has 20 heavy (non-hydrogen) atoms. The van der Waals surface area contributed by atoms with Crippen molar-refractivity contribution in [3.63, 3.8) is 0 Å². The van der Waals surface area contributed by atoms with Crippen molar-refractivity contribution < 1.29 is 9.90 Å². The molecule has 0 aliphatic rings. The Hall–Kier alpha value is -2.29. The summed E-state index contributed by atoms with van der Waals surface area (Å²) in [5.74, 6) is -0.804. The highest BCUT2D eigenvalue weighted by molar-refractivity contribution is 5.70. The third-order valence-corrected chi connectivity index (χ3v) is 3.24. The van der Waals surface area contributed by atoms with Crippen molar-refractivity contribution in [2.24, 2.45) is 0 Å². The highest BCUT2D eigenvalue weighted by atomic mass is 16.4. The molecule has 0 bridgehead atoms. The van der Waals surface area contributed by atoms with E-state index in [0.29, 0.717) is 0 Å². The van der Waals surface area contributed by atoms with Gasteiger partial charge in [0.15, 0.2) is 0 Å². The van der Waals surface area contributed by atoms with Gasteiger partial charge in [-0.25, -0.2) is 0 Å². The number of benzene rings is 2. The van der Waals surface area contributed by atoms with Gasteiger partial charge in [-0.1, -0.05) is 43.3 Å². The Labute approximate surface area is 119 Å². The third-order valence-electron chi connectivity index (χ3n) is 3.24. The number of anilines is 1. The molecule has 0 fully saturated rings. The van der Waals surface area contributed by atoms with E-state index in [1.807, 2.05) is 24.3 Å². The molecule has 0 amide bonds. The van der Waals surface area contributed by atoms with E-state index in [4.69, 9.17) is 5.11 Å². The second kappa shape index (κ2) is 6.75. The molecule has 0 aromatic heterocycles. The summed E-state index contributed by atoms with van der Waals surface area (Å²) in [4.78, 5) is 10.6. The Kier molecular flexibility index (Phi) is 4.77. The molecule has 2 aromatic carbocycles. The molecule has 2 rings (SSSR count). The maximum absolute atomic E-state index is 10.6. The molecule has 0 saturated carbocycles. The molecule has 104 valence electrons. The van der Waals surface area contributed by atoms with Gasteiger partial charge in [0, 0.05) is 12.2 Å². The molecule has 0 heterocycles. The Morgan fingerprint density at radius 2 is 1.50 bits per heavy atom. The van der Waals surface area contributed by atoms with E-state index in [9.17, 15) is 4.79 Å². The lowest BCUT2D eigenvalue weighted by molar-refractivity contribution is -0.136. The molecule has 3 heteroatoms. The highest BCUT2D eigenvalue weighted by Crippen LogP contribution is 2.12. The maximum atomic E-state index is 10.6. The number of hydrogen-bond donors (Lipinski definition) is 2. The number of carboxylic acids is 1. The van der Waals surface area contributed by atoms with Crippen LogP contribution in [0, 0.1) is 0 Å². The van der Waals surface area contributed by atoms with Gasteiger partial charge in [-0.2, -0.15) is 0 Å². The molecule has 3 nitrogen and oxygen atoms in total. The average molecular weight is 269 g/mol. The fourth-order valence-electron chi connectivity index (χ4n) is 2.01. The third kappa shape index (κ3) is 4.12.